The lowest BCUT2D eigenvalue weighted by Gasteiger charge is -2.51. The summed E-state index contributed by atoms with van der Waals surface area (Å²) in [6.45, 7) is 0. The molecule has 23 heavy (non-hydrogen) atoms. The average molecular weight is 327 g/mol. The van der Waals surface area contributed by atoms with E-state index < -0.39 is 29.1 Å². The summed E-state index contributed by atoms with van der Waals surface area (Å²) in [7, 11) is 0. The molecule has 0 heterocycles. The largest absolute Gasteiger partial charge is 0.481 e. The zero-order chi connectivity index (χ0) is 16.5. The van der Waals surface area contributed by atoms with E-state index in [0.29, 0.717) is 57.8 Å². The van der Waals surface area contributed by atoms with Crippen molar-refractivity contribution in [3.63, 3.8) is 0 Å². The molecule has 6 heteroatoms. The molecule has 5 fully saturated rings. The summed E-state index contributed by atoms with van der Waals surface area (Å²) >= 11 is 0. The number of carboxylic acids is 1. The Bertz CT molecular complexity index is 538. The molecule has 5 aliphatic carbocycles. The van der Waals surface area contributed by atoms with Crippen LogP contribution in [0.5, 0.6) is 0 Å². The molecule has 3 atom stereocenters. The molecule has 2 N–H and O–H groups in total. The van der Waals surface area contributed by atoms with E-state index in [2.05, 4.69) is 5.32 Å². The van der Waals surface area contributed by atoms with Crippen LogP contribution in [0, 0.1) is 23.2 Å². The maximum absolute atomic E-state index is 13.5. The highest BCUT2D eigenvalue weighted by molar-refractivity contribution is 5.80. The van der Waals surface area contributed by atoms with Crippen LogP contribution in [0.3, 0.4) is 0 Å². The van der Waals surface area contributed by atoms with Gasteiger partial charge in [-0.1, -0.05) is 0 Å². The van der Waals surface area contributed by atoms with Crippen molar-refractivity contribution in [2.75, 3.05) is 0 Å². The molecular weight excluding hydrogens is 304 g/mol. The molecule has 1 amide bonds. The SMILES string of the molecule is O=C(NC12CCC(C(=O)O)(CC1)CC2)C1CCC2C(C1)C2(F)F. The first kappa shape index (κ1) is 15.3. The van der Waals surface area contributed by atoms with E-state index in [1.165, 1.54) is 0 Å². The number of hydrogen-bond acceptors (Lipinski definition) is 2. The second kappa shape index (κ2) is 4.67. The number of rotatable bonds is 3. The highest BCUT2D eigenvalue weighted by Crippen LogP contribution is 2.63. The number of alkyl halides is 2. The quantitative estimate of drug-likeness (QED) is 0.837. The summed E-state index contributed by atoms with van der Waals surface area (Å²) < 4.78 is 27.0. The van der Waals surface area contributed by atoms with Gasteiger partial charge in [-0.25, -0.2) is 8.78 Å². The molecule has 0 aromatic rings. The summed E-state index contributed by atoms with van der Waals surface area (Å²) in [6, 6.07) is 0. The van der Waals surface area contributed by atoms with E-state index >= 15 is 0 Å². The third-order valence-corrected chi connectivity index (χ3v) is 7.19. The minimum atomic E-state index is -2.55. The number of fused-ring (bicyclic) bond motifs is 4. The molecule has 2 bridgehead atoms. The highest BCUT2D eigenvalue weighted by Gasteiger charge is 2.69. The molecular formula is C17H23F2NO3. The molecule has 0 aromatic carbocycles. The molecule has 128 valence electrons. The Hall–Kier alpha value is -1.20. The summed E-state index contributed by atoms with van der Waals surface area (Å²) in [5.41, 5.74) is -0.891. The lowest BCUT2D eigenvalue weighted by molar-refractivity contribution is -0.157. The van der Waals surface area contributed by atoms with Gasteiger partial charge >= 0.3 is 5.97 Å². The molecule has 0 radical (unpaired) electrons. The van der Waals surface area contributed by atoms with Gasteiger partial charge in [0.15, 0.2) is 0 Å². The summed E-state index contributed by atoms with van der Waals surface area (Å²) in [5, 5.41) is 12.5. The van der Waals surface area contributed by atoms with Crippen LogP contribution in [-0.4, -0.2) is 28.4 Å². The third kappa shape index (κ3) is 2.20. The third-order valence-electron chi connectivity index (χ3n) is 7.19. The van der Waals surface area contributed by atoms with Crippen molar-refractivity contribution >= 4 is 11.9 Å². The minimum Gasteiger partial charge on any atom is -0.481 e. The van der Waals surface area contributed by atoms with Crippen molar-refractivity contribution in [1.82, 2.24) is 5.32 Å². The molecule has 0 aliphatic heterocycles. The standard InChI is InChI=1S/C17H23F2NO3/c18-17(19)11-2-1-10(9-12(11)17)13(21)20-16-6-3-15(4-7-16,5-8-16)14(22)23/h10-12H,1-9H2,(H,20,21)(H,22,23). The average Bonchev–Trinajstić information content (AvgIpc) is 3.10. The van der Waals surface area contributed by atoms with E-state index in [4.69, 9.17) is 0 Å². The van der Waals surface area contributed by atoms with Gasteiger partial charge in [0.1, 0.15) is 0 Å². The van der Waals surface area contributed by atoms with Crippen LogP contribution in [0.15, 0.2) is 0 Å². The minimum absolute atomic E-state index is 0.0872. The molecule has 0 spiro atoms. The molecule has 5 aliphatic rings. The van der Waals surface area contributed by atoms with Crippen LogP contribution in [0.1, 0.15) is 57.8 Å². The van der Waals surface area contributed by atoms with Crippen molar-refractivity contribution < 1.29 is 23.5 Å². The Morgan fingerprint density at radius 3 is 2.09 bits per heavy atom. The Morgan fingerprint density at radius 2 is 1.57 bits per heavy atom. The van der Waals surface area contributed by atoms with Gasteiger partial charge in [0.05, 0.1) is 5.41 Å². The van der Waals surface area contributed by atoms with Gasteiger partial charge in [-0.3, -0.25) is 9.59 Å². The van der Waals surface area contributed by atoms with Gasteiger partial charge in [0, 0.05) is 23.3 Å². The van der Waals surface area contributed by atoms with Crippen molar-refractivity contribution in [2.24, 2.45) is 23.2 Å². The second-order valence-corrected chi connectivity index (χ2v) is 8.25. The van der Waals surface area contributed by atoms with E-state index in [9.17, 15) is 23.5 Å². The Labute approximate surface area is 134 Å². The number of carbonyl (C=O) groups is 2. The van der Waals surface area contributed by atoms with E-state index in [1.54, 1.807) is 0 Å². The van der Waals surface area contributed by atoms with Gasteiger partial charge in [-0.05, 0) is 57.8 Å². The zero-order valence-electron chi connectivity index (χ0n) is 13.1. The maximum atomic E-state index is 13.5. The first-order valence-electron chi connectivity index (χ1n) is 8.71. The fourth-order valence-electron chi connectivity index (χ4n) is 5.28. The molecule has 0 aromatic heterocycles. The molecule has 5 rings (SSSR count). The van der Waals surface area contributed by atoms with Crippen LogP contribution in [0.25, 0.3) is 0 Å². The number of carboxylic acid groups (broad SMARTS) is 1. The molecule has 0 saturated heterocycles. The second-order valence-electron chi connectivity index (χ2n) is 8.25. The predicted octanol–water partition coefficient (Wildman–Crippen LogP) is 2.96. The highest BCUT2D eigenvalue weighted by atomic mass is 19.3. The molecule has 4 nitrogen and oxygen atoms in total. The monoisotopic (exact) mass is 327 g/mol. The van der Waals surface area contributed by atoms with Crippen LogP contribution in [-0.2, 0) is 9.59 Å². The van der Waals surface area contributed by atoms with Crippen LogP contribution >= 0.6 is 0 Å². The topological polar surface area (TPSA) is 66.4 Å². The van der Waals surface area contributed by atoms with Crippen molar-refractivity contribution in [3.05, 3.63) is 0 Å². The van der Waals surface area contributed by atoms with E-state index in [0.717, 1.165) is 0 Å². The molecule has 5 saturated carbocycles. The smallest absolute Gasteiger partial charge is 0.309 e. The van der Waals surface area contributed by atoms with Gasteiger partial charge in [0.2, 0.25) is 5.91 Å². The fourth-order valence-corrected chi connectivity index (χ4v) is 5.28. The first-order chi connectivity index (χ1) is 10.8. The number of halogens is 2. The van der Waals surface area contributed by atoms with Crippen LogP contribution < -0.4 is 5.32 Å². The van der Waals surface area contributed by atoms with E-state index in [1.807, 2.05) is 0 Å². The summed E-state index contributed by atoms with van der Waals surface area (Å²) in [4.78, 5) is 24.0. The maximum Gasteiger partial charge on any atom is 0.309 e. The molecule has 3 unspecified atom stereocenters. The van der Waals surface area contributed by atoms with Crippen molar-refractivity contribution in [2.45, 2.75) is 69.2 Å². The Morgan fingerprint density at radius 1 is 0.957 bits per heavy atom. The first-order valence-corrected chi connectivity index (χ1v) is 8.71. The number of hydrogen-bond donors (Lipinski definition) is 2. The van der Waals surface area contributed by atoms with Crippen molar-refractivity contribution in [1.29, 1.82) is 0 Å². The lowest BCUT2D eigenvalue weighted by atomic mass is 9.57. The Balaban J connectivity index is 1.38. The van der Waals surface area contributed by atoms with Gasteiger partial charge in [-0.2, -0.15) is 0 Å². The van der Waals surface area contributed by atoms with Crippen molar-refractivity contribution in [3.8, 4) is 0 Å². The lowest BCUT2D eigenvalue weighted by Crippen LogP contribution is -2.59. The number of amides is 1. The van der Waals surface area contributed by atoms with Gasteiger partial charge in [0.25, 0.3) is 5.92 Å². The normalized spacial score (nSPS) is 46.8. The van der Waals surface area contributed by atoms with E-state index in [-0.39, 0.29) is 17.4 Å². The number of nitrogens with one attached hydrogen (secondary N) is 1. The van der Waals surface area contributed by atoms with Gasteiger partial charge < -0.3 is 10.4 Å². The number of aliphatic carboxylic acids is 1. The summed E-state index contributed by atoms with van der Waals surface area (Å²) in [6.07, 6.45) is 5.21. The Kier molecular flexibility index (Phi) is 3.11. The summed E-state index contributed by atoms with van der Waals surface area (Å²) in [5.74, 6) is -4.74. The van der Waals surface area contributed by atoms with Crippen LogP contribution in [0.2, 0.25) is 0 Å². The zero-order valence-corrected chi connectivity index (χ0v) is 13.1. The van der Waals surface area contributed by atoms with Gasteiger partial charge in [-0.15, -0.1) is 0 Å². The fraction of sp³-hybridized carbons (Fsp3) is 0.882. The predicted molar refractivity (Wildman–Crippen MR) is 77.9 cm³/mol. The van der Waals surface area contributed by atoms with Crippen LogP contribution in [0.4, 0.5) is 8.78 Å². The number of carbonyl (C=O) groups excluding carboxylic acids is 1.